The number of ether oxygens (including phenoxy) is 2. The van der Waals surface area contributed by atoms with Crippen LogP contribution >= 0.6 is 0 Å². The van der Waals surface area contributed by atoms with Crippen molar-refractivity contribution < 1.29 is 17.9 Å². The van der Waals surface area contributed by atoms with Crippen LogP contribution in [0.3, 0.4) is 0 Å². The first-order valence-corrected chi connectivity index (χ1v) is 8.06. The van der Waals surface area contributed by atoms with E-state index < -0.39 is 10.0 Å². The maximum absolute atomic E-state index is 11.7. The summed E-state index contributed by atoms with van der Waals surface area (Å²) < 4.78 is 37.1. The molecule has 0 amide bonds. The zero-order chi connectivity index (χ0) is 13.9. The summed E-state index contributed by atoms with van der Waals surface area (Å²) in [5, 5.41) is 0. The summed E-state index contributed by atoms with van der Waals surface area (Å²) in [7, 11) is -3.22. The Hall–Kier alpha value is -1.27. The molecule has 1 aliphatic rings. The van der Waals surface area contributed by atoms with E-state index in [1.54, 1.807) is 0 Å². The first kappa shape index (κ1) is 14.1. The van der Waals surface area contributed by atoms with Crippen LogP contribution in [0.25, 0.3) is 0 Å². The lowest BCUT2D eigenvalue weighted by molar-refractivity contribution is 0.171. The predicted molar refractivity (Wildman–Crippen MR) is 73.1 cm³/mol. The molecule has 0 unspecified atom stereocenters. The van der Waals surface area contributed by atoms with Crippen molar-refractivity contribution in [3.63, 3.8) is 0 Å². The highest BCUT2D eigenvalue weighted by Crippen LogP contribution is 2.32. The largest absolute Gasteiger partial charge is 0.486 e. The zero-order valence-corrected chi connectivity index (χ0v) is 12.0. The third-order valence-electron chi connectivity index (χ3n) is 2.90. The normalized spacial score (nSPS) is 16.1. The van der Waals surface area contributed by atoms with Crippen LogP contribution in [0.5, 0.6) is 11.5 Å². The first-order valence-electron chi connectivity index (χ1n) is 6.41. The van der Waals surface area contributed by atoms with Crippen LogP contribution in [-0.4, -0.2) is 27.4 Å². The summed E-state index contributed by atoms with van der Waals surface area (Å²) >= 11 is 0. The summed E-state index contributed by atoms with van der Waals surface area (Å²) in [5.74, 6) is 1.52. The van der Waals surface area contributed by atoms with Gasteiger partial charge in [0.15, 0.2) is 11.5 Å². The molecule has 0 spiro atoms. The van der Waals surface area contributed by atoms with Gasteiger partial charge in [0.05, 0.1) is 5.75 Å². The average molecular weight is 285 g/mol. The molecule has 0 aromatic heterocycles. The minimum absolute atomic E-state index is 0.141. The molecule has 0 aliphatic carbocycles. The summed E-state index contributed by atoms with van der Waals surface area (Å²) in [4.78, 5) is 0. The van der Waals surface area contributed by atoms with Crippen molar-refractivity contribution in [1.29, 1.82) is 0 Å². The van der Waals surface area contributed by atoms with Gasteiger partial charge in [0.25, 0.3) is 0 Å². The van der Waals surface area contributed by atoms with Gasteiger partial charge in [-0.05, 0) is 31.0 Å². The van der Waals surface area contributed by atoms with Gasteiger partial charge >= 0.3 is 0 Å². The van der Waals surface area contributed by atoms with Crippen molar-refractivity contribution in [3.8, 4) is 11.5 Å². The Labute approximate surface area is 114 Å². The van der Waals surface area contributed by atoms with E-state index in [0.29, 0.717) is 31.1 Å². The second kappa shape index (κ2) is 5.79. The maximum Gasteiger partial charge on any atom is 0.212 e. The van der Waals surface area contributed by atoms with Gasteiger partial charge in [0.1, 0.15) is 13.2 Å². The smallest absolute Gasteiger partial charge is 0.212 e. The molecular weight excluding hydrogens is 266 g/mol. The molecular formula is C13H19NO4S. The molecule has 19 heavy (non-hydrogen) atoms. The van der Waals surface area contributed by atoms with E-state index in [4.69, 9.17) is 9.47 Å². The molecule has 1 N–H and O–H groups in total. The third kappa shape index (κ3) is 3.61. The van der Waals surface area contributed by atoms with Gasteiger partial charge in [0.2, 0.25) is 10.0 Å². The molecule has 106 valence electrons. The second-order valence-corrected chi connectivity index (χ2v) is 6.43. The van der Waals surface area contributed by atoms with E-state index in [1.807, 2.05) is 32.0 Å². The highest BCUT2D eigenvalue weighted by molar-refractivity contribution is 7.89. The Balaban J connectivity index is 2.13. The average Bonchev–Trinajstić information content (AvgIpc) is 2.37. The van der Waals surface area contributed by atoms with Crippen LogP contribution in [0, 0.1) is 0 Å². The topological polar surface area (TPSA) is 64.6 Å². The van der Waals surface area contributed by atoms with E-state index in [-0.39, 0.29) is 11.8 Å². The Kier molecular flexibility index (Phi) is 4.31. The van der Waals surface area contributed by atoms with Crippen molar-refractivity contribution in [2.45, 2.75) is 26.3 Å². The number of benzene rings is 1. The quantitative estimate of drug-likeness (QED) is 0.896. The number of rotatable bonds is 5. The SMILES string of the molecule is CCCS(=O)(=O)N[C@H](C)c1ccc2c(c1)OCCO2. The van der Waals surface area contributed by atoms with Crippen molar-refractivity contribution in [2.24, 2.45) is 0 Å². The van der Waals surface area contributed by atoms with Crippen LogP contribution in [-0.2, 0) is 10.0 Å². The molecule has 0 saturated heterocycles. The number of sulfonamides is 1. The van der Waals surface area contributed by atoms with Gasteiger partial charge < -0.3 is 9.47 Å². The van der Waals surface area contributed by atoms with Gasteiger partial charge in [-0.2, -0.15) is 0 Å². The van der Waals surface area contributed by atoms with Crippen molar-refractivity contribution >= 4 is 10.0 Å². The lowest BCUT2D eigenvalue weighted by Gasteiger charge is -2.21. The van der Waals surface area contributed by atoms with Crippen LogP contribution in [0.1, 0.15) is 31.9 Å². The summed E-state index contributed by atoms with van der Waals surface area (Å²) in [6, 6.07) is 5.21. The molecule has 1 aliphatic heterocycles. The van der Waals surface area contributed by atoms with Crippen LogP contribution in [0.2, 0.25) is 0 Å². The Bertz CT molecular complexity index is 542. The fourth-order valence-electron chi connectivity index (χ4n) is 1.99. The lowest BCUT2D eigenvalue weighted by Crippen LogP contribution is -2.29. The Morgan fingerprint density at radius 2 is 1.95 bits per heavy atom. The molecule has 2 rings (SSSR count). The predicted octanol–water partition coefficient (Wildman–Crippen LogP) is 1.85. The Morgan fingerprint density at radius 1 is 1.26 bits per heavy atom. The van der Waals surface area contributed by atoms with Crippen molar-refractivity contribution in [1.82, 2.24) is 4.72 Å². The molecule has 0 radical (unpaired) electrons. The van der Waals surface area contributed by atoms with Gasteiger partial charge in [-0.15, -0.1) is 0 Å². The molecule has 0 bridgehead atoms. The molecule has 0 fully saturated rings. The van der Waals surface area contributed by atoms with Crippen LogP contribution < -0.4 is 14.2 Å². The molecule has 5 nitrogen and oxygen atoms in total. The maximum atomic E-state index is 11.7. The summed E-state index contributed by atoms with van der Waals surface area (Å²) in [5.41, 5.74) is 0.865. The molecule has 6 heteroatoms. The van der Waals surface area contributed by atoms with Gasteiger partial charge in [-0.1, -0.05) is 13.0 Å². The van der Waals surface area contributed by atoms with E-state index in [0.717, 1.165) is 5.56 Å². The molecule has 1 heterocycles. The number of hydrogen-bond donors (Lipinski definition) is 1. The number of nitrogens with one attached hydrogen (secondary N) is 1. The fraction of sp³-hybridized carbons (Fsp3) is 0.538. The van der Waals surface area contributed by atoms with E-state index in [2.05, 4.69) is 4.72 Å². The second-order valence-electron chi connectivity index (χ2n) is 4.56. The monoisotopic (exact) mass is 285 g/mol. The lowest BCUT2D eigenvalue weighted by atomic mass is 10.1. The highest BCUT2D eigenvalue weighted by Gasteiger charge is 2.18. The first-order chi connectivity index (χ1) is 9.02. The third-order valence-corrected chi connectivity index (χ3v) is 4.55. The minimum Gasteiger partial charge on any atom is -0.486 e. The van der Waals surface area contributed by atoms with E-state index in [1.165, 1.54) is 0 Å². The molecule has 0 saturated carbocycles. The van der Waals surface area contributed by atoms with E-state index >= 15 is 0 Å². The number of fused-ring (bicyclic) bond motifs is 1. The van der Waals surface area contributed by atoms with Gasteiger partial charge in [0, 0.05) is 6.04 Å². The zero-order valence-electron chi connectivity index (χ0n) is 11.2. The highest BCUT2D eigenvalue weighted by atomic mass is 32.2. The van der Waals surface area contributed by atoms with E-state index in [9.17, 15) is 8.42 Å². The van der Waals surface area contributed by atoms with Crippen LogP contribution in [0.4, 0.5) is 0 Å². The standard InChI is InChI=1S/C13H19NO4S/c1-3-8-19(15,16)14-10(2)11-4-5-12-13(9-11)18-7-6-17-12/h4-5,9-10,14H,3,6-8H2,1-2H3/t10-/m1/s1. The summed E-state index contributed by atoms with van der Waals surface area (Å²) in [6.45, 7) is 4.73. The number of hydrogen-bond acceptors (Lipinski definition) is 4. The molecule has 1 aromatic carbocycles. The fourth-order valence-corrected chi connectivity index (χ4v) is 3.32. The summed E-state index contributed by atoms with van der Waals surface area (Å²) in [6.07, 6.45) is 0.600. The van der Waals surface area contributed by atoms with Crippen molar-refractivity contribution in [2.75, 3.05) is 19.0 Å². The van der Waals surface area contributed by atoms with Crippen LogP contribution in [0.15, 0.2) is 18.2 Å². The van der Waals surface area contributed by atoms with Gasteiger partial charge in [-0.3, -0.25) is 0 Å². The van der Waals surface area contributed by atoms with Gasteiger partial charge in [-0.25, -0.2) is 13.1 Å². The Morgan fingerprint density at radius 3 is 2.63 bits per heavy atom. The molecule has 1 aromatic rings. The van der Waals surface area contributed by atoms with Crippen molar-refractivity contribution in [3.05, 3.63) is 23.8 Å². The molecule has 1 atom stereocenters. The minimum atomic E-state index is -3.22.